The molecule has 0 aromatic carbocycles. The fourth-order valence-electron chi connectivity index (χ4n) is 1.36. The average Bonchev–Trinajstić information content (AvgIpc) is 2.37. The van der Waals surface area contributed by atoms with Crippen molar-refractivity contribution in [3.05, 3.63) is 0 Å². The van der Waals surface area contributed by atoms with Crippen LogP contribution in [0.3, 0.4) is 0 Å². The molecule has 1 unspecified atom stereocenters. The van der Waals surface area contributed by atoms with Crippen LogP contribution in [-0.2, 0) is 9.59 Å². The molecular weight excluding hydrogens is 254 g/mol. The summed E-state index contributed by atoms with van der Waals surface area (Å²) in [7, 11) is 0. The Kier molecular flexibility index (Phi) is 8.27. The second-order valence-electron chi connectivity index (χ2n) is 3.81. The molecule has 0 aliphatic rings. The van der Waals surface area contributed by atoms with Crippen molar-refractivity contribution in [3.8, 4) is 0 Å². The lowest BCUT2D eigenvalue weighted by molar-refractivity contribution is -0.146. The number of aliphatic hydroxyl groups is 1. The normalized spacial score (nSPS) is 11.5. The number of aliphatic carboxylic acids is 1. The first-order chi connectivity index (χ1) is 8.92. The van der Waals surface area contributed by atoms with E-state index in [4.69, 9.17) is 10.2 Å². The molecule has 0 radical (unpaired) electrons. The molecule has 0 saturated heterocycles. The number of rotatable bonds is 8. The van der Waals surface area contributed by atoms with E-state index in [2.05, 4.69) is 10.6 Å². The molecule has 8 nitrogen and oxygen atoms in total. The lowest BCUT2D eigenvalue weighted by Gasteiger charge is -2.18. The average molecular weight is 275 g/mol. The lowest BCUT2D eigenvalue weighted by atomic mass is 10.3. The number of urea groups is 1. The summed E-state index contributed by atoms with van der Waals surface area (Å²) in [6, 6.07) is -0.618. The van der Waals surface area contributed by atoms with E-state index in [0.29, 0.717) is 13.1 Å². The molecular formula is C11H21N3O5. The van der Waals surface area contributed by atoms with Crippen LogP contribution >= 0.6 is 0 Å². The van der Waals surface area contributed by atoms with Gasteiger partial charge >= 0.3 is 12.0 Å². The molecule has 1 atom stereocenters. The van der Waals surface area contributed by atoms with Crippen molar-refractivity contribution in [1.82, 2.24) is 15.5 Å². The molecule has 0 bridgehead atoms. The monoisotopic (exact) mass is 275 g/mol. The first kappa shape index (κ1) is 17.2. The highest BCUT2D eigenvalue weighted by Gasteiger charge is 2.14. The Morgan fingerprint density at radius 1 is 1.16 bits per heavy atom. The van der Waals surface area contributed by atoms with E-state index in [1.165, 1.54) is 0 Å². The third-order valence-electron chi connectivity index (χ3n) is 2.48. The number of carboxylic acids is 1. The molecule has 0 fully saturated rings. The van der Waals surface area contributed by atoms with Crippen molar-refractivity contribution in [2.24, 2.45) is 0 Å². The summed E-state index contributed by atoms with van der Waals surface area (Å²) in [5.41, 5.74) is 0. The Balaban J connectivity index is 3.80. The van der Waals surface area contributed by atoms with Crippen LogP contribution in [0.4, 0.5) is 4.79 Å². The van der Waals surface area contributed by atoms with Crippen molar-refractivity contribution in [1.29, 1.82) is 0 Å². The van der Waals surface area contributed by atoms with Crippen LogP contribution in [-0.4, -0.2) is 65.3 Å². The summed E-state index contributed by atoms with van der Waals surface area (Å²) in [5.74, 6) is -1.46. The zero-order valence-electron chi connectivity index (χ0n) is 11.2. The Labute approximate surface area is 111 Å². The number of carboxylic acid groups (broad SMARTS) is 1. The molecule has 19 heavy (non-hydrogen) atoms. The van der Waals surface area contributed by atoms with Crippen LogP contribution in [0.1, 0.15) is 20.3 Å². The van der Waals surface area contributed by atoms with Gasteiger partial charge in [0.15, 0.2) is 6.10 Å². The summed E-state index contributed by atoms with van der Waals surface area (Å²) >= 11 is 0. The van der Waals surface area contributed by atoms with E-state index in [1.54, 1.807) is 4.90 Å². The van der Waals surface area contributed by atoms with Gasteiger partial charge in [-0.25, -0.2) is 9.59 Å². The van der Waals surface area contributed by atoms with Gasteiger partial charge in [0.05, 0.1) is 6.54 Å². The molecule has 0 aromatic heterocycles. The third kappa shape index (κ3) is 7.24. The van der Waals surface area contributed by atoms with Gasteiger partial charge in [0.1, 0.15) is 0 Å². The number of carbonyl (C=O) groups excluding carboxylic acids is 2. The van der Waals surface area contributed by atoms with Gasteiger partial charge in [-0.1, -0.05) is 0 Å². The van der Waals surface area contributed by atoms with Crippen molar-refractivity contribution >= 4 is 17.9 Å². The minimum atomic E-state index is -1.64. The zero-order valence-corrected chi connectivity index (χ0v) is 11.2. The highest BCUT2D eigenvalue weighted by atomic mass is 16.4. The van der Waals surface area contributed by atoms with Crippen LogP contribution < -0.4 is 10.6 Å². The predicted octanol–water partition coefficient (Wildman–Crippen LogP) is -1.01. The number of amides is 3. The van der Waals surface area contributed by atoms with Gasteiger partial charge in [-0.05, 0) is 13.8 Å². The Bertz CT molecular complexity index is 317. The highest BCUT2D eigenvalue weighted by molar-refractivity contribution is 5.79. The molecule has 3 amide bonds. The minimum absolute atomic E-state index is 0.0594. The molecule has 0 spiro atoms. The summed E-state index contributed by atoms with van der Waals surface area (Å²) < 4.78 is 0. The van der Waals surface area contributed by atoms with E-state index >= 15 is 0 Å². The second kappa shape index (κ2) is 9.15. The maximum atomic E-state index is 11.6. The number of hydrogen-bond acceptors (Lipinski definition) is 4. The number of nitrogens with one attached hydrogen (secondary N) is 2. The Morgan fingerprint density at radius 2 is 1.74 bits per heavy atom. The molecule has 0 heterocycles. The smallest absolute Gasteiger partial charge is 0.334 e. The van der Waals surface area contributed by atoms with E-state index in [9.17, 15) is 14.4 Å². The number of carbonyl (C=O) groups is 3. The fourth-order valence-corrected chi connectivity index (χ4v) is 1.36. The zero-order chi connectivity index (χ0) is 14.8. The summed E-state index contributed by atoms with van der Waals surface area (Å²) in [4.78, 5) is 34.7. The first-order valence-corrected chi connectivity index (χ1v) is 6.12. The van der Waals surface area contributed by atoms with E-state index in [-0.39, 0.29) is 25.4 Å². The summed E-state index contributed by atoms with van der Waals surface area (Å²) in [6.45, 7) is 4.75. The second-order valence-corrected chi connectivity index (χ2v) is 3.81. The van der Waals surface area contributed by atoms with Gasteiger partial charge in [-0.2, -0.15) is 0 Å². The molecule has 0 aliphatic heterocycles. The standard InChI is InChI=1S/C11H21N3O5/c1-3-14(4-2)9(16)5-6-12-11(19)13-7-8(15)10(17)18/h8,15H,3-7H2,1-2H3,(H,17,18)(H2,12,13,19). The van der Waals surface area contributed by atoms with Crippen LogP contribution in [0, 0.1) is 0 Å². The largest absolute Gasteiger partial charge is 0.479 e. The number of nitrogens with zero attached hydrogens (tertiary/aromatic N) is 1. The first-order valence-electron chi connectivity index (χ1n) is 6.12. The molecule has 0 rings (SSSR count). The van der Waals surface area contributed by atoms with E-state index in [1.807, 2.05) is 13.8 Å². The van der Waals surface area contributed by atoms with Crippen molar-refractivity contribution < 1.29 is 24.6 Å². The van der Waals surface area contributed by atoms with Gasteiger partial charge in [0.25, 0.3) is 0 Å². The summed E-state index contributed by atoms with van der Waals surface area (Å²) in [5, 5.41) is 21.9. The molecule has 4 N–H and O–H groups in total. The van der Waals surface area contributed by atoms with Gasteiger partial charge < -0.3 is 25.7 Å². The minimum Gasteiger partial charge on any atom is -0.479 e. The predicted molar refractivity (Wildman–Crippen MR) is 67.6 cm³/mol. The maximum absolute atomic E-state index is 11.6. The van der Waals surface area contributed by atoms with E-state index in [0.717, 1.165) is 0 Å². The topological polar surface area (TPSA) is 119 Å². The molecule has 8 heteroatoms. The van der Waals surface area contributed by atoms with Gasteiger partial charge in [0.2, 0.25) is 5.91 Å². The van der Waals surface area contributed by atoms with Crippen LogP contribution in [0.2, 0.25) is 0 Å². The van der Waals surface area contributed by atoms with Gasteiger partial charge in [0, 0.05) is 26.1 Å². The molecule has 0 aromatic rings. The van der Waals surface area contributed by atoms with Gasteiger partial charge in [-0.15, -0.1) is 0 Å². The van der Waals surface area contributed by atoms with Gasteiger partial charge in [-0.3, -0.25) is 4.79 Å². The highest BCUT2D eigenvalue weighted by Crippen LogP contribution is 1.92. The molecule has 110 valence electrons. The fraction of sp³-hybridized carbons (Fsp3) is 0.727. The number of aliphatic hydroxyl groups excluding tert-OH is 1. The van der Waals surface area contributed by atoms with Crippen LogP contribution in [0.25, 0.3) is 0 Å². The third-order valence-corrected chi connectivity index (χ3v) is 2.48. The quantitative estimate of drug-likeness (QED) is 0.452. The lowest BCUT2D eigenvalue weighted by Crippen LogP contribution is -2.43. The molecule has 0 saturated carbocycles. The summed E-state index contributed by atoms with van der Waals surface area (Å²) in [6.07, 6.45) is -1.46. The van der Waals surface area contributed by atoms with Crippen molar-refractivity contribution in [3.63, 3.8) is 0 Å². The van der Waals surface area contributed by atoms with Crippen molar-refractivity contribution in [2.75, 3.05) is 26.2 Å². The van der Waals surface area contributed by atoms with Crippen LogP contribution in [0.15, 0.2) is 0 Å². The van der Waals surface area contributed by atoms with E-state index < -0.39 is 18.1 Å². The van der Waals surface area contributed by atoms with Crippen LogP contribution in [0.5, 0.6) is 0 Å². The maximum Gasteiger partial charge on any atom is 0.334 e. The number of hydrogen-bond donors (Lipinski definition) is 4. The SMILES string of the molecule is CCN(CC)C(=O)CCNC(=O)NCC(O)C(=O)O. The van der Waals surface area contributed by atoms with Crippen molar-refractivity contribution in [2.45, 2.75) is 26.4 Å². The Hall–Kier alpha value is -1.83. The molecule has 0 aliphatic carbocycles. The Morgan fingerprint density at radius 3 is 2.21 bits per heavy atom.